The molecule has 1 aliphatic heterocycles. The molecule has 1 amide bonds. The zero-order valence-corrected chi connectivity index (χ0v) is 16.4. The molecule has 0 saturated carbocycles. The molecule has 3 rings (SSSR count). The molecule has 5 nitrogen and oxygen atoms in total. The van der Waals surface area contributed by atoms with Gasteiger partial charge in [-0.05, 0) is 37.3 Å². The van der Waals surface area contributed by atoms with Gasteiger partial charge in [-0.2, -0.15) is 13.2 Å². The molecule has 0 aliphatic carbocycles. The zero-order valence-electron chi connectivity index (χ0n) is 16.4. The molecule has 1 N–H and O–H groups in total. The minimum Gasteiger partial charge on any atom is -0.495 e. The van der Waals surface area contributed by atoms with Crippen molar-refractivity contribution in [3.8, 4) is 5.75 Å². The second-order valence-corrected chi connectivity index (χ2v) is 6.94. The van der Waals surface area contributed by atoms with Gasteiger partial charge in [-0.3, -0.25) is 9.69 Å². The average Bonchev–Trinajstić information content (AvgIpc) is 2.73. The molecule has 8 heteroatoms. The maximum atomic E-state index is 12.9. The fourth-order valence-corrected chi connectivity index (χ4v) is 3.40. The first-order valence-corrected chi connectivity index (χ1v) is 9.39. The Kier molecular flexibility index (Phi) is 6.32. The smallest absolute Gasteiger partial charge is 0.416 e. The number of nitrogens with one attached hydrogen (secondary N) is 1. The van der Waals surface area contributed by atoms with Crippen molar-refractivity contribution >= 4 is 17.3 Å². The lowest BCUT2D eigenvalue weighted by Crippen LogP contribution is -2.52. The number of rotatable bonds is 5. The molecule has 1 fully saturated rings. The first-order chi connectivity index (χ1) is 13.8. The molecule has 0 radical (unpaired) electrons. The Morgan fingerprint density at radius 2 is 1.76 bits per heavy atom. The molecule has 0 bridgehead atoms. The Morgan fingerprint density at radius 3 is 2.41 bits per heavy atom. The number of benzene rings is 2. The number of carbonyl (C=O) groups is 1. The number of carbonyl (C=O) groups excluding carboxylic acids is 1. The Bertz CT molecular complexity index is 849. The molecule has 0 aromatic heterocycles. The van der Waals surface area contributed by atoms with E-state index < -0.39 is 11.7 Å². The third-order valence-corrected chi connectivity index (χ3v) is 5.14. The predicted octanol–water partition coefficient (Wildman–Crippen LogP) is 3.86. The highest BCUT2D eigenvalue weighted by atomic mass is 19.4. The summed E-state index contributed by atoms with van der Waals surface area (Å²) >= 11 is 0. The lowest BCUT2D eigenvalue weighted by molar-refractivity contribution is -0.137. The standard InChI is InChI=1S/C21H24F3N3O2/c1-15(20(28)25-18-8-3-4-9-19(18)29-2)26-10-12-27(13-11-26)17-7-5-6-16(14-17)21(22,23)24/h3-9,14-15H,10-13H2,1-2H3,(H,25,28)/t15-/m0/s1. The maximum Gasteiger partial charge on any atom is 0.416 e. The molecular formula is C21H24F3N3O2. The van der Waals surface area contributed by atoms with Crippen molar-refractivity contribution in [2.75, 3.05) is 43.5 Å². The zero-order chi connectivity index (χ0) is 21.0. The highest BCUT2D eigenvalue weighted by molar-refractivity contribution is 5.95. The molecule has 2 aromatic rings. The largest absolute Gasteiger partial charge is 0.495 e. The van der Waals surface area contributed by atoms with Crippen LogP contribution >= 0.6 is 0 Å². The van der Waals surface area contributed by atoms with Crippen molar-refractivity contribution < 1.29 is 22.7 Å². The van der Waals surface area contributed by atoms with Crippen LogP contribution in [0.2, 0.25) is 0 Å². The van der Waals surface area contributed by atoms with Crippen LogP contribution in [0.25, 0.3) is 0 Å². The Morgan fingerprint density at radius 1 is 1.07 bits per heavy atom. The molecule has 29 heavy (non-hydrogen) atoms. The molecular weight excluding hydrogens is 383 g/mol. The summed E-state index contributed by atoms with van der Waals surface area (Å²) in [7, 11) is 1.54. The number of nitrogens with zero attached hydrogens (tertiary/aromatic N) is 2. The van der Waals surface area contributed by atoms with E-state index in [1.54, 1.807) is 25.3 Å². The van der Waals surface area contributed by atoms with Crippen molar-refractivity contribution in [1.29, 1.82) is 0 Å². The fourth-order valence-electron chi connectivity index (χ4n) is 3.40. The SMILES string of the molecule is COc1ccccc1NC(=O)[C@H](C)N1CCN(c2cccc(C(F)(F)F)c2)CC1. The summed E-state index contributed by atoms with van der Waals surface area (Å²) in [4.78, 5) is 16.6. The number of amides is 1. The third kappa shape index (κ3) is 5.00. The van der Waals surface area contributed by atoms with E-state index in [-0.39, 0.29) is 11.9 Å². The van der Waals surface area contributed by atoms with Crippen LogP contribution in [-0.4, -0.2) is 50.1 Å². The van der Waals surface area contributed by atoms with Crippen molar-refractivity contribution in [2.45, 2.75) is 19.1 Å². The maximum absolute atomic E-state index is 12.9. The van der Waals surface area contributed by atoms with E-state index >= 15 is 0 Å². The molecule has 1 saturated heterocycles. The van der Waals surface area contributed by atoms with Gasteiger partial charge >= 0.3 is 6.18 Å². The van der Waals surface area contributed by atoms with Crippen LogP contribution in [0.5, 0.6) is 5.75 Å². The third-order valence-electron chi connectivity index (χ3n) is 5.14. The van der Waals surface area contributed by atoms with Gasteiger partial charge in [0.2, 0.25) is 5.91 Å². The summed E-state index contributed by atoms with van der Waals surface area (Å²) < 4.78 is 44.1. The van der Waals surface area contributed by atoms with E-state index in [9.17, 15) is 18.0 Å². The van der Waals surface area contributed by atoms with E-state index in [1.807, 2.05) is 28.9 Å². The predicted molar refractivity (Wildman–Crippen MR) is 106 cm³/mol. The van der Waals surface area contributed by atoms with Crippen LogP contribution in [0.4, 0.5) is 24.5 Å². The molecule has 0 unspecified atom stereocenters. The van der Waals surface area contributed by atoms with Gasteiger partial charge in [0.1, 0.15) is 5.75 Å². The van der Waals surface area contributed by atoms with Gasteiger partial charge in [-0.1, -0.05) is 18.2 Å². The minimum absolute atomic E-state index is 0.151. The minimum atomic E-state index is -4.36. The number of halogens is 3. The number of methoxy groups -OCH3 is 1. The van der Waals surface area contributed by atoms with Crippen LogP contribution in [-0.2, 0) is 11.0 Å². The summed E-state index contributed by atoms with van der Waals surface area (Å²) in [5.74, 6) is 0.435. The molecule has 1 atom stereocenters. The van der Waals surface area contributed by atoms with E-state index in [1.165, 1.54) is 12.1 Å². The normalized spacial score (nSPS) is 16.4. The highest BCUT2D eigenvalue weighted by Gasteiger charge is 2.31. The average molecular weight is 407 g/mol. The van der Waals surface area contributed by atoms with Crippen LogP contribution < -0.4 is 15.0 Å². The Balaban J connectivity index is 1.59. The summed E-state index contributed by atoms with van der Waals surface area (Å²) in [6.07, 6.45) is -4.36. The first-order valence-electron chi connectivity index (χ1n) is 9.39. The van der Waals surface area contributed by atoms with Gasteiger partial charge < -0.3 is 15.0 Å². The fraction of sp³-hybridized carbons (Fsp3) is 0.381. The monoisotopic (exact) mass is 407 g/mol. The van der Waals surface area contributed by atoms with E-state index in [4.69, 9.17) is 4.74 Å². The number of para-hydroxylation sites is 2. The van der Waals surface area contributed by atoms with E-state index in [0.717, 1.165) is 6.07 Å². The van der Waals surface area contributed by atoms with Gasteiger partial charge in [0.15, 0.2) is 0 Å². The van der Waals surface area contributed by atoms with Crippen molar-refractivity contribution in [2.24, 2.45) is 0 Å². The summed E-state index contributed by atoms with van der Waals surface area (Å²) in [5.41, 5.74) is 0.502. The second-order valence-electron chi connectivity index (χ2n) is 6.94. The van der Waals surface area contributed by atoms with Crippen LogP contribution in [0.3, 0.4) is 0 Å². The molecule has 2 aromatic carbocycles. The second kappa shape index (κ2) is 8.73. The first kappa shape index (κ1) is 21.0. The quantitative estimate of drug-likeness (QED) is 0.818. The van der Waals surface area contributed by atoms with Gasteiger partial charge in [0, 0.05) is 31.9 Å². The van der Waals surface area contributed by atoms with E-state index in [2.05, 4.69) is 5.32 Å². The Labute approximate surface area is 168 Å². The highest BCUT2D eigenvalue weighted by Crippen LogP contribution is 2.32. The topological polar surface area (TPSA) is 44.8 Å². The molecule has 1 aliphatic rings. The van der Waals surface area contributed by atoms with Gasteiger partial charge in [-0.25, -0.2) is 0 Å². The number of hydrogen-bond acceptors (Lipinski definition) is 4. The lowest BCUT2D eigenvalue weighted by Gasteiger charge is -2.38. The molecule has 1 heterocycles. The van der Waals surface area contributed by atoms with Gasteiger partial charge in [-0.15, -0.1) is 0 Å². The molecule has 156 valence electrons. The van der Waals surface area contributed by atoms with Gasteiger partial charge in [0.25, 0.3) is 0 Å². The number of anilines is 2. The summed E-state index contributed by atoms with van der Waals surface area (Å²) in [6.45, 7) is 4.08. The van der Waals surface area contributed by atoms with E-state index in [0.29, 0.717) is 43.3 Å². The van der Waals surface area contributed by atoms with Crippen molar-refractivity contribution in [3.05, 3.63) is 54.1 Å². The molecule has 0 spiro atoms. The number of ether oxygens (including phenoxy) is 1. The van der Waals surface area contributed by atoms with Crippen LogP contribution in [0.15, 0.2) is 48.5 Å². The number of alkyl halides is 3. The summed E-state index contributed by atoms with van der Waals surface area (Å²) in [6, 6.07) is 12.2. The van der Waals surface area contributed by atoms with Gasteiger partial charge in [0.05, 0.1) is 24.4 Å². The van der Waals surface area contributed by atoms with Crippen molar-refractivity contribution in [3.63, 3.8) is 0 Å². The lowest BCUT2D eigenvalue weighted by atomic mass is 10.1. The number of piperazine rings is 1. The van der Waals surface area contributed by atoms with Crippen molar-refractivity contribution in [1.82, 2.24) is 4.90 Å². The van der Waals surface area contributed by atoms with Crippen LogP contribution in [0.1, 0.15) is 12.5 Å². The van der Waals surface area contributed by atoms with Crippen LogP contribution in [0, 0.1) is 0 Å². The number of hydrogen-bond donors (Lipinski definition) is 1. The summed E-state index contributed by atoms with van der Waals surface area (Å²) in [5, 5.41) is 2.88. The Hall–Kier alpha value is -2.74.